The Kier molecular flexibility index (Phi) is 6.92. The molecule has 0 aromatic heterocycles. The molecule has 156 valence electrons. The molecule has 30 heavy (non-hydrogen) atoms. The average Bonchev–Trinajstić information content (AvgIpc) is 2.78. The van der Waals surface area contributed by atoms with Crippen molar-refractivity contribution in [2.24, 2.45) is 5.10 Å². The van der Waals surface area contributed by atoms with E-state index < -0.39 is 10.0 Å². The van der Waals surface area contributed by atoms with Crippen LogP contribution in [0.1, 0.15) is 11.1 Å². The lowest BCUT2D eigenvalue weighted by molar-refractivity contribution is 0.306. The van der Waals surface area contributed by atoms with E-state index in [1.54, 1.807) is 0 Å². The fourth-order valence-corrected chi connectivity index (χ4v) is 3.48. The highest BCUT2D eigenvalue weighted by Crippen LogP contribution is 2.29. The predicted molar refractivity (Wildman–Crippen MR) is 115 cm³/mol. The van der Waals surface area contributed by atoms with Crippen molar-refractivity contribution in [3.63, 3.8) is 0 Å². The Bertz CT molecular complexity index is 1120. The molecule has 0 saturated carbocycles. The Labute approximate surface area is 176 Å². The van der Waals surface area contributed by atoms with Crippen LogP contribution in [0.15, 0.2) is 82.8 Å². The van der Waals surface area contributed by atoms with Crippen LogP contribution in [0.4, 0.5) is 0 Å². The standard InChI is InChI=1S/C22H22N2O5S/c1-27-21-13-12-20(14-22(21)28-2)30(25,26)24-23-15-17-8-6-7-9-18(17)16-29-19-10-4-3-5-11-19/h3-15,24H,16H2,1-2H3/b23-15+. The summed E-state index contributed by atoms with van der Waals surface area (Å²) >= 11 is 0. The molecule has 0 aliphatic carbocycles. The molecule has 0 spiro atoms. The molecular weight excluding hydrogens is 404 g/mol. The van der Waals surface area contributed by atoms with Crippen LogP contribution >= 0.6 is 0 Å². The Morgan fingerprint density at radius 1 is 0.900 bits per heavy atom. The molecule has 0 heterocycles. The van der Waals surface area contributed by atoms with E-state index in [4.69, 9.17) is 14.2 Å². The first-order chi connectivity index (χ1) is 14.5. The van der Waals surface area contributed by atoms with E-state index in [1.165, 1.54) is 38.6 Å². The first-order valence-electron chi connectivity index (χ1n) is 9.06. The van der Waals surface area contributed by atoms with E-state index >= 15 is 0 Å². The lowest BCUT2D eigenvalue weighted by Gasteiger charge is -2.10. The van der Waals surface area contributed by atoms with Crippen molar-refractivity contribution in [3.8, 4) is 17.2 Å². The van der Waals surface area contributed by atoms with Crippen LogP contribution in [0.25, 0.3) is 0 Å². The quantitative estimate of drug-likeness (QED) is 0.417. The molecule has 3 aromatic rings. The van der Waals surface area contributed by atoms with Gasteiger partial charge in [-0.15, -0.1) is 0 Å². The maximum absolute atomic E-state index is 12.5. The first kappa shape index (κ1) is 21.2. The van der Waals surface area contributed by atoms with Crippen LogP contribution in [0.3, 0.4) is 0 Å². The van der Waals surface area contributed by atoms with Gasteiger partial charge in [-0.25, -0.2) is 4.83 Å². The molecule has 1 N–H and O–H groups in total. The molecular formula is C22H22N2O5S. The zero-order valence-electron chi connectivity index (χ0n) is 16.6. The maximum Gasteiger partial charge on any atom is 0.276 e. The summed E-state index contributed by atoms with van der Waals surface area (Å²) in [4.78, 5) is 2.23. The van der Waals surface area contributed by atoms with Crippen molar-refractivity contribution in [2.45, 2.75) is 11.5 Å². The van der Waals surface area contributed by atoms with Gasteiger partial charge in [0, 0.05) is 11.6 Å². The van der Waals surface area contributed by atoms with E-state index in [0.29, 0.717) is 18.1 Å². The highest BCUT2D eigenvalue weighted by atomic mass is 32.2. The van der Waals surface area contributed by atoms with E-state index in [9.17, 15) is 8.42 Å². The molecule has 0 aliphatic heterocycles. The smallest absolute Gasteiger partial charge is 0.276 e. The first-order valence-corrected chi connectivity index (χ1v) is 10.5. The van der Waals surface area contributed by atoms with Crippen molar-refractivity contribution in [1.29, 1.82) is 0 Å². The van der Waals surface area contributed by atoms with Crippen molar-refractivity contribution in [2.75, 3.05) is 14.2 Å². The summed E-state index contributed by atoms with van der Waals surface area (Å²) in [5.41, 5.74) is 1.61. The molecule has 3 aromatic carbocycles. The van der Waals surface area contributed by atoms with Gasteiger partial charge < -0.3 is 14.2 Å². The minimum absolute atomic E-state index is 0.0120. The molecule has 0 unspecified atom stereocenters. The van der Waals surface area contributed by atoms with Crippen LogP contribution in [0.5, 0.6) is 17.2 Å². The van der Waals surface area contributed by atoms with Gasteiger partial charge >= 0.3 is 0 Å². The Morgan fingerprint density at radius 3 is 2.33 bits per heavy atom. The van der Waals surface area contributed by atoms with Crippen molar-refractivity contribution >= 4 is 16.2 Å². The zero-order chi connectivity index (χ0) is 21.4. The van der Waals surface area contributed by atoms with Crippen LogP contribution in [0.2, 0.25) is 0 Å². The summed E-state index contributed by atoms with van der Waals surface area (Å²) in [6, 6.07) is 21.2. The number of sulfonamides is 1. The normalized spacial score (nSPS) is 11.3. The third-order valence-corrected chi connectivity index (χ3v) is 5.45. The van der Waals surface area contributed by atoms with Crippen molar-refractivity contribution < 1.29 is 22.6 Å². The molecule has 3 rings (SSSR count). The van der Waals surface area contributed by atoms with Gasteiger partial charge in [0.05, 0.1) is 25.3 Å². The highest BCUT2D eigenvalue weighted by Gasteiger charge is 2.16. The number of rotatable bonds is 9. The Morgan fingerprint density at radius 2 is 1.60 bits per heavy atom. The summed E-state index contributed by atoms with van der Waals surface area (Å²) in [5, 5.41) is 3.91. The molecule has 0 amide bonds. The lowest BCUT2D eigenvalue weighted by Crippen LogP contribution is -2.18. The zero-order valence-corrected chi connectivity index (χ0v) is 17.4. The summed E-state index contributed by atoms with van der Waals surface area (Å²) in [6.07, 6.45) is 1.45. The summed E-state index contributed by atoms with van der Waals surface area (Å²) in [5.74, 6) is 1.50. The molecule has 0 aliphatic rings. The number of hydrazone groups is 1. The number of nitrogens with one attached hydrogen (secondary N) is 1. The lowest BCUT2D eigenvalue weighted by atomic mass is 10.1. The topological polar surface area (TPSA) is 86.2 Å². The van der Waals surface area contributed by atoms with Crippen molar-refractivity contribution in [3.05, 3.63) is 83.9 Å². The van der Waals surface area contributed by atoms with Crippen LogP contribution < -0.4 is 19.0 Å². The van der Waals surface area contributed by atoms with Gasteiger partial charge in [-0.05, 0) is 29.8 Å². The second-order valence-corrected chi connectivity index (χ2v) is 7.83. The van der Waals surface area contributed by atoms with E-state index in [1.807, 2.05) is 54.6 Å². The number of para-hydroxylation sites is 1. The fraction of sp³-hybridized carbons (Fsp3) is 0.136. The third-order valence-electron chi connectivity index (χ3n) is 4.23. The van der Waals surface area contributed by atoms with Gasteiger partial charge in [0.25, 0.3) is 10.0 Å². The van der Waals surface area contributed by atoms with Gasteiger partial charge in [-0.2, -0.15) is 13.5 Å². The van der Waals surface area contributed by atoms with Gasteiger partial charge in [0.1, 0.15) is 12.4 Å². The fourth-order valence-electron chi connectivity index (χ4n) is 2.67. The number of hydrogen-bond acceptors (Lipinski definition) is 6. The summed E-state index contributed by atoms with van der Waals surface area (Å²) in [7, 11) is -0.952. The minimum Gasteiger partial charge on any atom is -0.493 e. The number of benzene rings is 3. The van der Waals surface area contributed by atoms with Gasteiger partial charge in [0.15, 0.2) is 11.5 Å². The Balaban J connectivity index is 1.72. The maximum atomic E-state index is 12.5. The summed E-state index contributed by atoms with van der Waals surface area (Å²) < 4.78 is 41.1. The summed E-state index contributed by atoms with van der Waals surface area (Å²) in [6.45, 7) is 0.328. The number of nitrogens with zero attached hydrogens (tertiary/aromatic N) is 1. The second-order valence-electron chi connectivity index (χ2n) is 6.17. The highest BCUT2D eigenvalue weighted by molar-refractivity contribution is 7.89. The van der Waals surface area contributed by atoms with Gasteiger partial charge in [-0.3, -0.25) is 0 Å². The van der Waals surface area contributed by atoms with Gasteiger partial charge in [0.2, 0.25) is 0 Å². The molecule has 0 radical (unpaired) electrons. The Hall–Kier alpha value is -3.52. The molecule has 0 bridgehead atoms. The molecule has 0 atom stereocenters. The third kappa shape index (κ3) is 5.30. The van der Waals surface area contributed by atoms with E-state index in [2.05, 4.69) is 9.93 Å². The SMILES string of the molecule is COc1ccc(S(=O)(=O)N/N=C/c2ccccc2COc2ccccc2)cc1OC. The minimum atomic E-state index is -3.87. The molecule has 8 heteroatoms. The monoisotopic (exact) mass is 426 g/mol. The van der Waals surface area contributed by atoms with E-state index in [-0.39, 0.29) is 4.90 Å². The number of ether oxygens (including phenoxy) is 3. The van der Waals surface area contributed by atoms with Gasteiger partial charge in [-0.1, -0.05) is 42.5 Å². The van der Waals surface area contributed by atoms with Crippen LogP contribution in [-0.4, -0.2) is 28.9 Å². The van der Waals surface area contributed by atoms with Crippen LogP contribution in [-0.2, 0) is 16.6 Å². The number of hydrogen-bond donors (Lipinski definition) is 1. The second kappa shape index (κ2) is 9.80. The predicted octanol–water partition coefficient (Wildman–Crippen LogP) is 3.60. The molecule has 7 nitrogen and oxygen atoms in total. The largest absolute Gasteiger partial charge is 0.493 e. The molecule has 0 saturated heterocycles. The molecule has 0 fully saturated rings. The number of methoxy groups -OCH3 is 2. The van der Waals surface area contributed by atoms with Crippen molar-refractivity contribution in [1.82, 2.24) is 4.83 Å². The van der Waals surface area contributed by atoms with E-state index in [0.717, 1.165) is 16.9 Å². The average molecular weight is 426 g/mol. The van der Waals surface area contributed by atoms with Crippen LogP contribution in [0, 0.1) is 0 Å².